The summed E-state index contributed by atoms with van der Waals surface area (Å²) in [5.74, 6) is -2.38. The topological polar surface area (TPSA) is 50.1 Å². The molecule has 0 amide bonds. The van der Waals surface area contributed by atoms with E-state index in [9.17, 15) is 36.4 Å². The molecule has 10 heteroatoms. The number of nitriles is 1. The molecule has 3 rings (SSSR count). The zero-order chi connectivity index (χ0) is 25.1. The maximum atomic E-state index is 13.7. The summed E-state index contributed by atoms with van der Waals surface area (Å²) >= 11 is 3.19. The number of halogens is 7. The van der Waals surface area contributed by atoms with Gasteiger partial charge >= 0.3 is 18.3 Å². The summed E-state index contributed by atoms with van der Waals surface area (Å²) < 4.78 is 87.0. The van der Waals surface area contributed by atoms with Crippen molar-refractivity contribution in [1.29, 1.82) is 5.26 Å². The summed E-state index contributed by atoms with van der Waals surface area (Å²) in [5, 5.41) is 9.77. The maximum absolute atomic E-state index is 13.7. The quantitative estimate of drug-likeness (QED) is 0.112. The Labute approximate surface area is 198 Å². The number of allylic oxidation sites excluding steroid dienone is 1. The summed E-state index contributed by atoms with van der Waals surface area (Å²) in [6, 6.07) is 15.2. The lowest BCUT2D eigenvalue weighted by Crippen LogP contribution is -2.16. The molecular formula is C24H12BrF6NO2. The molecule has 0 aromatic heterocycles. The van der Waals surface area contributed by atoms with Crippen molar-refractivity contribution in [1.82, 2.24) is 0 Å². The third-order valence-electron chi connectivity index (χ3n) is 4.60. The van der Waals surface area contributed by atoms with Gasteiger partial charge in [-0.25, -0.2) is 4.79 Å². The van der Waals surface area contributed by atoms with Crippen LogP contribution in [0, 0.1) is 11.3 Å². The van der Waals surface area contributed by atoms with Crippen molar-refractivity contribution in [3.05, 3.63) is 105 Å². The fourth-order valence-corrected chi connectivity index (χ4v) is 3.35. The molecule has 0 unspecified atom stereocenters. The number of alkyl halides is 6. The molecule has 3 aromatic carbocycles. The zero-order valence-corrected chi connectivity index (χ0v) is 18.4. The van der Waals surface area contributed by atoms with E-state index < -0.39 is 51.9 Å². The van der Waals surface area contributed by atoms with Crippen LogP contribution in [0.5, 0.6) is 0 Å². The van der Waals surface area contributed by atoms with Crippen LogP contribution in [-0.4, -0.2) is 5.97 Å². The molecule has 0 radical (unpaired) electrons. The van der Waals surface area contributed by atoms with Crippen molar-refractivity contribution >= 4 is 33.2 Å². The Kier molecular flexibility index (Phi) is 7.17. The first-order valence-corrected chi connectivity index (χ1v) is 10.2. The standard InChI is InChI=1S/C24H12BrF6NO2/c25-15-11-9-14(10-12-15)18(13-32)21(16-5-1-3-7-19(16)23(26,27)28)34-22(33)17-6-2-4-8-20(17)24(29,30)31/h1-12H. The van der Waals surface area contributed by atoms with Gasteiger partial charge in [0, 0.05) is 10.0 Å². The van der Waals surface area contributed by atoms with E-state index >= 15 is 0 Å². The van der Waals surface area contributed by atoms with E-state index in [0.717, 1.165) is 30.3 Å². The van der Waals surface area contributed by atoms with Crippen LogP contribution in [-0.2, 0) is 17.1 Å². The first-order valence-electron chi connectivity index (χ1n) is 9.38. The lowest BCUT2D eigenvalue weighted by Gasteiger charge is -2.18. The van der Waals surface area contributed by atoms with E-state index in [4.69, 9.17) is 4.74 Å². The van der Waals surface area contributed by atoms with E-state index in [-0.39, 0.29) is 5.56 Å². The first-order chi connectivity index (χ1) is 15.9. The largest absolute Gasteiger partial charge is 0.421 e. The SMILES string of the molecule is N#CC(=C(OC(=O)c1ccccc1C(F)(F)F)c1ccccc1C(F)(F)F)c1ccc(Br)cc1. The minimum absolute atomic E-state index is 0.0922. The summed E-state index contributed by atoms with van der Waals surface area (Å²) in [6.45, 7) is 0. The van der Waals surface area contributed by atoms with Gasteiger partial charge in [0.1, 0.15) is 11.6 Å². The number of carbonyl (C=O) groups is 1. The highest BCUT2D eigenvalue weighted by Crippen LogP contribution is 2.39. The van der Waals surface area contributed by atoms with Crippen molar-refractivity contribution in [2.24, 2.45) is 0 Å². The minimum atomic E-state index is -4.92. The van der Waals surface area contributed by atoms with E-state index in [2.05, 4.69) is 15.9 Å². The van der Waals surface area contributed by atoms with Crippen LogP contribution in [0.4, 0.5) is 26.3 Å². The van der Waals surface area contributed by atoms with Gasteiger partial charge < -0.3 is 4.74 Å². The average Bonchev–Trinajstić information content (AvgIpc) is 2.79. The van der Waals surface area contributed by atoms with Crippen molar-refractivity contribution < 1.29 is 35.9 Å². The summed E-state index contributed by atoms with van der Waals surface area (Å²) in [4.78, 5) is 12.8. The molecule has 0 atom stereocenters. The number of rotatable bonds is 4. The van der Waals surface area contributed by atoms with Crippen LogP contribution < -0.4 is 0 Å². The number of hydrogen-bond acceptors (Lipinski definition) is 3. The Morgan fingerprint density at radius 1 is 0.765 bits per heavy atom. The molecule has 0 spiro atoms. The smallest absolute Gasteiger partial charge is 0.417 e. The van der Waals surface area contributed by atoms with Crippen LogP contribution in [0.15, 0.2) is 77.3 Å². The molecule has 0 aliphatic carbocycles. The molecule has 0 aliphatic heterocycles. The van der Waals surface area contributed by atoms with E-state index in [1.807, 2.05) is 0 Å². The van der Waals surface area contributed by atoms with Crippen molar-refractivity contribution in [3.8, 4) is 6.07 Å². The molecule has 3 nitrogen and oxygen atoms in total. The zero-order valence-electron chi connectivity index (χ0n) is 16.8. The monoisotopic (exact) mass is 539 g/mol. The van der Waals surface area contributed by atoms with Gasteiger partial charge in [-0.1, -0.05) is 58.4 Å². The van der Waals surface area contributed by atoms with Crippen LogP contribution in [0.2, 0.25) is 0 Å². The molecule has 0 heterocycles. The van der Waals surface area contributed by atoms with Gasteiger partial charge in [-0.05, 0) is 35.9 Å². The van der Waals surface area contributed by atoms with E-state index in [1.54, 1.807) is 6.07 Å². The van der Waals surface area contributed by atoms with Gasteiger partial charge in [0.25, 0.3) is 0 Å². The van der Waals surface area contributed by atoms with Gasteiger partial charge in [-0.2, -0.15) is 31.6 Å². The van der Waals surface area contributed by atoms with Gasteiger partial charge in [-0.15, -0.1) is 0 Å². The fraction of sp³-hybridized carbons (Fsp3) is 0.0833. The highest BCUT2D eigenvalue weighted by Gasteiger charge is 2.38. The Hall–Kier alpha value is -3.58. The summed E-state index contributed by atoms with van der Waals surface area (Å²) in [5.41, 5.74) is -4.52. The normalized spacial score (nSPS) is 12.5. The van der Waals surface area contributed by atoms with E-state index in [0.29, 0.717) is 16.6 Å². The van der Waals surface area contributed by atoms with Gasteiger partial charge in [0.05, 0.1) is 16.7 Å². The Balaban J connectivity index is 2.26. The third kappa shape index (κ3) is 5.48. The molecule has 0 N–H and O–H groups in total. The molecule has 0 aliphatic rings. The predicted octanol–water partition coefficient (Wildman–Crippen LogP) is 7.74. The highest BCUT2D eigenvalue weighted by atomic mass is 79.9. The summed E-state index contributed by atoms with van der Waals surface area (Å²) in [6.07, 6.45) is -9.83. The van der Waals surface area contributed by atoms with Gasteiger partial charge in [0.15, 0.2) is 5.76 Å². The summed E-state index contributed by atoms with van der Waals surface area (Å²) in [7, 11) is 0. The fourth-order valence-electron chi connectivity index (χ4n) is 3.09. The Bertz CT molecular complexity index is 1290. The maximum Gasteiger partial charge on any atom is 0.417 e. The molecule has 174 valence electrons. The number of esters is 1. The predicted molar refractivity (Wildman–Crippen MR) is 115 cm³/mol. The van der Waals surface area contributed by atoms with Crippen LogP contribution in [0.1, 0.15) is 32.6 Å². The van der Waals surface area contributed by atoms with Crippen LogP contribution >= 0.6 is 15.9 Å². The lowest BCUT2D eigenvalue weighted by molar-refractivity contribution is -0.138. The molecule has 0 bridgehead atoms. The lowest BCUT2D eigenvalue weighted by atomic mass is 9.98. The highest BCUT2D eigenvalue weighted by molar-refractivity contribution is 9.10. The second kappa shape index (κ2) is 9.73. The van der Waals surface area contributed by atoms with Crippen molar-refractivity contribution in [2.45, 2.75) is 12.4 Å². The number of nitrogens with zero attached hydrogens (tertiary/aromatic N) is 1. The minimum Gasteiger partial charge on any atom is -0.421 e. The number of hydrogen-bond donors (Lipinski definition) is 0. The second-order valence-electron chi connectivity index (χ2n) is 6.80. The van der Waals surface area contributed by atoms with Gasteiger partial charge in [-0.3, -0.25) is 0 Å². The first kappa shape index (κ1) is 25.1. The molecule has 0 saturated carbocycles. The number of carbonyl (C=O) groups excluding carboxylic acids is 1. The number of ether oxygens (including phenoxy) is 1. The molecule has 34 heavy (non-hydrogen) atoms. The third-order valence-corrected chi connectivity index (χ3v) is 5.12. The molecule has 3 aromatic rings. The Morgan fingerprint density at radius 3 is 1.74 bits per heavy atom. The van der Waals surface area contributed by atoms with Crippen molar-refractivity contribution in [2.75, 3.05) is 0 Å². The van der Waals surface area contributed by atoms with Crippen LogP contribution in [0.25, 0.3) is 11.3 Å². The van der Waals surface area contributed by atoms with Crippen molar-refractivity contribution in [3.63, 3.8) is 0 Å². The molecule has 0 fully saturated rings. The van der Waals surface area contributed by atoms with Gasteiger partial charge in [0.2, 0.25) is 0 Å². The van der Waals surface area contributed by atoms with Crippen LogP contribution in [0.3, 0.4) is 0 Å². The van der Waals surface area contributed by atoms with E-state index in [1.165, 1.54) is 30.3 Å². The molecule has 0 saturated heterocycles. The second-order valence-corrected chi connectivity index (χ2v) is 7.71. The Morgan fingerprint density at radius 2 is 1.24 bits per heavy atom. The molecular weight excluding hydrogens is 528 g/mol. The number of benzene rings is 3. The average molecular weight is 540 g/mol.